The fourth-order valence-corrected chi connectivity index (χ4v) is 4.05. The van der Waals surface area contributed by atoms with Crippen molar-refractivity contribution in [2.75, 3.05) is 45.2 Å². The molecule has 3 aromatic rings. The van der Waals surface area contributed by atoms with Crippen LogP contribution in [0.15, 0.2) is 48.7 Å². The van der Waals surface area contributed by atoms with E-state index in [9.17, 15) is 9.59 Å². The number of nitrogens with zero attached hydrogens (tertiary/aromatic N) is 2. The van der Waals surface area contributed by atoms with Gasteiger partial charge >= 0.3 is 0 Å². The number of H-pyrrole nitrogens is 1. The molecule has 8 heteroatoms. The number of benzene rings is 2. The number of para-hydroxylation sites is 1. The Labute approximate surface area is 185 Å². The molecular formula is C23H25ClN4O3. The molecule has 2 aromatic carbocycles. The molecule has 2 heterocycles. The van der Waals surface area contributed by atoms with E-state index < -0.39 is 0 Å². The van der Waals surface area contributed by atoms with Gasteiger partial charge in [0.1, 0.15) is 5.75 Å². The van der Waals surface area contributed by atoms with E-state index in [1.807, 2.05) is 40.3 Å². The van der Waals surface area contributed by atoms with E-state index in [4.69, 9.17) is 16.3 Å². The van der Waals surface area contributed by atoms with Crippen LogP contribution in [0.5, 0.6) is 5.75 Å². The number of hydrogen-bond donors (Lipinski definition) is 2. The molecule has 0 unspecified atom stereocenters. The summed E-state index contributed by atoms with van der Waals surface area (Å²) in [5.41, 5.74) is 2.60. The summed E-state index contributed by atoms with van der Waals surface area (Å²) in [5.74, 6) is 0.530. The Morgan fingerprint density at radius 3 is 2.68 bits per heavy atom. The third kappa shape index (κ3) is 5.00. The predicted octanol–water partition coefficient (Wildman–Crippen LogP) is 3.16. The van der Waals surface area contributed by atoms with Crippen molar-refractivity contribution in [1.29, 1.82) is 0 Å². The average Bonchev–Trinajstić information content (AvgIpc) is 3.17. The number of nitrogens with one attached hydrogen (secondary N) is 2. The second-order valence-electron chi connectivity index (χ2n) is 7.59. The maximum Gasteiger partial charge on any atom is 0.238 e. The van der Waals surface area contributed by atoms with Gasteiger partial charge in [-0.2, -0.15) is 0 Å². The topological polar surface area (TPSA) is 77.7 Å². The first kappa shape index (κ1) is 21.2. The highest BCUT2D eigenvalue weighted by Crippen LogP contribution is 2.27. The minimum atomic E-state index is -0.140. The average molecular weight is 441 g/mol. The van der Waals surface area contributed by atoms with E-state index in [0.717, 1.165) is 16.5 Å². The number of carbonyl (C=O) groups is 2. The molecule has 0 spiro atoms. The molecule has 4 rings (SSSR count). The minimum absolute atomic E-state index is 0.109. The fraction of sp³-hybridized carbons (Fsp3) is 0.304. The maximum absolute atomic E-state index is 12.8. The summed E-state index contributed by atoms with van der Waals surface area (Å²) in [6.07, 6.45) is 2.28. The molecule has 2 amide bonds. The highest BCUT2D eigenvalue weighted by molar-refractivity contribution is 6.31. The Balaban J connectivity index is 1.28. The summed E-state index contributed by atoms with van der Waals surface area (Å²) in [7, 11) is 1.55. The van der Waals surface area contributed by atoms with Crippen LogP contribution in [0.4, 0.5) is 5.69 Å². The standard InChI is InChI=1S/C23H25ClN4O3/c1-31-21-7-6-17(24)13-20(21)26-22(29)15-27-8-10-28(11-9-27)23(30)12-16-14-25-19-5-3-2-4-18(16)19/h2-7,13-14,25H,8-12,15H2,1H3,(H,26,29). The first-order valence-electron chi connectivity index (χ1n) is 10.2. The van der Waals surface area contributed by atoms with E-state index in [-0.39, 0.29) is 18.4 Å². The molecule has 0 radical (unpaired) electrons. The molecule has 1 aromatic heterocycles. The van der Waals surface area contributed by atoms with Crippen LogP contribution in [0, 0.1) is 0 Å². The van der Waals surface area contributed by atoms with E-state index in [1.165, 1.54) is 0 Å². The number of ether oxygens (including phenoxy) is 1. The Morgan fingerprint density at radius 2 is 1.90 bits per heavy atom. The monoisotopic (exact) mass is 440 g/mol. The zero-order valence-corrected chi connectivity index (χ0v) is 18.1. The number of fused-ring (bicyclic) bond motifs is 1. The van der Waals surface area contributed by atoms with Gasteiger partial charge in [-0.3, -0.25) is 14.5 Å². The second-order valence-corrected chi connectivity index (χ2v) is 8.02. The van der Waals surface area contributed by atoms with Crippen molar-refractivity contribution >= 4 is 40.0 Å². The van der Waals surface area contributed by atoms with Gasteiger partial charge in [0.2, 0.25) is 11.8 Å². The molecule has 1 aliphatic heterocycles. The number of halogens is 1. The van der Waals surface area contributed by atoms with Crippen molar-refractivity contribution in [3.05, 3.63) is 59.2 Å². The highest BCUT2D eigenvalue weighted by Gasteiger charge is 2.23. The van der Waals surface area contributed by atoms with Crippen LogP contribution in [0.2, 0.25) is 5.02 Å². The molecule has 0 bridgehead atoms. The van der Waals surface area contributed by atoms with Crippen molar-refractivity contribution in [1.82, 2.24) is 14.8 Å². The van der Waals surface area contributed by atoms with Gasteiger partial charge in [-0.25, -0.2) is 0 Å². The first-order valence-corrected chi connectivity index (χ1v) is 10.6. The molecule has 1 aliphatic rings. The van der Waals surface area contributed by atoms with E-state index in [1.54, 1.807) is 25.3 Å². The van der Waals surface area contributed by atoms with Crippen LogP contribution >= 0.6 is 11.6 Å². The molecule has 0 aliphatic carbocycles. The molecule has 31 heavy (non-hydrogen) atoms. The SMILES string of the molecule is COc1ccc(Cl)cc1NC(=O)CN1CCN(C(=O)Cc2c[nH]c3ccccc23)CC1. The van der Waals surface area contributed by atoms with Gasteiger partial charge in [0.15, 0.2) is 0 Å². The quantitative estimate of drug-likeness (QED) is 0.617. The van der Waals surface area contributed by atoms with Crippen LogP contribution in [0.1, 0.15) is 5.56 Å². The Hall–Kier alpha value is -3.03. The Bertz CT molecular complexity index is 1090. The second kappa shape index (κ2) is 9.41. The number of aromatic amines is 1. The molecular weight excluding hydrogens is 416 g/mol. The molecule has 1 fully saturated rings. The largest absolute Gasteiger partial charge is 0.495 e. The third-order valence-corrected chi connectivity index (χ3v) is 5.78. The number of carbonyl (C=O) groups excluding carboxylic acids is 2. The fourth-order valence-electron chi connectivity index (χ4n) is 3.88. The highest BCUT2D eigenvalue weighted by atomic mass is 35.5. The normalized spacial score (nSPS) is 14.6. The summed E-state index contributed by atoms with van der Waals surface area (Å²) in [6.45, 7) is 2.77. The van der Waals surface area contributed by atoms with Gasteiger partial charge < -0.3 is 19.9 Å². The van der Waals surface area contributed by atoms with Gasteiger partial charge in [-0.05, 0) is 29.8 Å². The van der Waals surface area contributed by atoms with Crippen LogP contribution in [0.25, 0.3) is 10.9 Å². The van der Waals surface area contributed by atoms with E-state index in [2.05, 4.69) is 10.3 Å². The van der Waals surface area contributed by atoms with Crippen LogP contribution in [-0.2, 0) is 16.0 Å². The molecule has 7 nitrogen and oxygen atoms in total. The molecule has 2 N–H and O–H groups in total. The zero-order chi connectivity index (χ0) is 21.8. The number of anilines is 1. The lowest BCUT2D eigenvalue weighted by molar-refractivity contribution is -0.132. The first-order chi connectivity index (χ1) is 15.0. The molecule has 0 atom stereocenters. The number of rotatable bonds is 6. The maximum atomic E-state index is 12.8. The van der Waals surface area contributed by atoms with Crippen molar-refractivity contribution in [3.8, 4) is 5.75 Å². The Morgan fingerprint density at radius 1 is 1.13 bits per heavy atom. The van der Waals surface area contributed by atoms with Crippen molar-refractivity contribution in [2.24, 2.45) is 0 Å². The number of amides is 2. The minimum Gasteiger partial charge on any atom is -0.495 e. The Kier molecular flexibility index (Phi) is 6.44. The number of piperazine rings is 1. The number of hydrogen-bond acceptors (Lipinski definition) is 4. The lowest BCUT2D eigenvalue weighted by Crippen LogP contribution is -2.50. The van der Waals surface area contributed by atoms with E-state index in [0.29, 0.717) is 49.1 Å². The summed E-state index contributed by atoms with van der Waals surface area (Å²) in [4.78, 5) is 32.4. The summed E-state index contributed by atoms with van der Waals surface area (Å²) in [6, 6.07) is 13.1. The smallest absolute Gasteiger partial charge is 0.238 e. The lowest BCUT2D eigenvalue weighted by atomic mass is 10.1. The predicted molar refractivity (Wildman–Crippen MR) is 122 cm³/mol. The van der Waals surface area contributed by atoms with Crippen molar-refractivity contribution in [2.45, 2.75) is 6.42 Å². The summed E-state index contributed by atoms with van der Waals surface area (Å²) < 4.78 is 5.27. The van der Waals surface area contributed by atoms with Gasteiger partial charge in [0.05, 0.1) is 25.8 Å². The molecule has 0 saturated carbocycles. The van der Waals surface area contributed by atoms with Crippen molar-refractivity contribution in [3.63, 3.8) is 0 Å². The van der Waals surface area contributed by atoms with Gasteiger partial charge in [0, 0.05) is 48.3 Å². The number of methoxy groups -OCH3 is 1. The van der Waals surface area contributed by atoms with Gasteiger partial charge in [-0.1, -0.05) is 29.8 Å². The summed E-state index contributed by atoms with van der Waals surface area (Å²) in [5, 5.41) is 4.47. The molecule has 162 valence electrons. The van der Waals surface area contributed by atoms with Gasteiger partial charge in [0.25, 0.3) is 0 Å². The van der Waals surface area contributed by atoms with Crippen LogP contribution < -0.4 is 10.1 Å². The zero-order valence-electron chi connectivity index (χ0n) is 17.4. The van der Waals surface area contributed by atoms with E-state index >= 15 is 0 Å². The third-order valence-electron chi connectivity index (χ3n) is 5.54. The van der Waals surface area contributed by atoms with Crippen LogP contribution in [-0.4, -0.2) is 66.4 Å². The lowest BCUT2D eigenvalue weighted by Gasteiger charge is -2.34. The van der Waals surface area contributed by atoms with Gasteiger partial charge in [-0.15, -0.1) is 0 Å². The number of aromatic nitrogens is 1. The molecule has 1 saturated heterocycles. The van der Waals surface area contributed by atoms with Crippen molar-refractivity contribution < 1.29 is 14.3 Å². The summed E-state index contributed by atoms with van der Waals surface area (Å²) >= 11 is 6.02. The van der Waals surface area contributed by atoms with Crippen LogP contribution in [0.3, 0.4) is 0 Å².